The Bertz CT molecular complexity index is 575. The molecule has 0 saturated carbocycles. The Labute approximate surface area is 117 Å². The van der Waals surface area contributed by atoms with E-state index in [1.54, 1.807) is 0 Å². The monoisotopic (exact) mass is 271 g/mol. The van der Waals surface area contributed by atoms with Gasteiger partial charge in [0.05, 0.1) is 5.71 Å². The zero-order valence-corrected chi connectivity index (χ0v) is 11.5. The van der Waals surface area contributed by atoms with Crippen LogP contribution in [0.25, 0.3) is 0 Å². The molecule has 0 aliphatic heterocycles. The highest BCUT2D eigenvalue weighted by Crippen LogP contribution is 2.08. The van der Waals surface area contributed by atoms with E-state index in [0.717, 1.165) is 11.3 Å². The van der Waals surface area contributed by atoms with Crippen LogP contribution in [0.5, 0.6) is 0 Å². The van der Waals surface area contributed by atoms with Gasteiger partial charge in [-0.05, 0) is 11.5 Å². The van der Waals surface area contributed by atoms with Gasteiger partial charge in [-0.1, -0.05) is 44.2 Å². The van der Waals surface area contributed by atoms with E-state index in [-0.39, 0.29) is 18.4 Å². The lowest BCUT2D eigenvalue weighted by molar-refractivity contribution is -0.121. The molecule has 0 atom stereocenters. The number of carbonyl (C=O) groups is 1. The van der Waals surface area contributed by atoms with E-state index in [4.69, 9.17) is 0 Å². The van der Waals surface area contributed by atoms with Gasteiger partial charge in [0.15, 0.2) is 0 Å². The minimum atomic E-state index is -0.232. The fraction of sp³-hybridized carbons (Fsp3) is 0.286. The molecule has 0 aliphatic rings. The Hall–Kier alpha value is -2.50. The highest BCUT2D eigenvalue weighted by Gasteiger charge is 2.09. The molecule has 2 aromatic rings. The number of hydrogen-bond donors (Lipinski definition) is 1. The second-order valence-corrected chi connectivity index (χ2v) is 4.65. The number of nitrogens with one attached hydrogen (secondary N) is 1. The molecule has 1 amide bonds. The number of nitrogens with zero attached hydrogens (tertiary/aromatic N) is 4. The molecule has 0 aliphatic carbocycles. The quantitative estimate of drug-likeness (QED) is 0.661. The second-order valence-electron chi connectivity index (χ2n) is 4.65. The van der Waals surface area contributed by atoms with Gasteiger partial charge in [0.25, 0.3) is 5.91 Å². The first-order chi connectivity index (χ1) is 9.66. The Kier molecular flexibility index (Phi) is 4.60. The second kappa shape index (κ2) is 6.60. The summed E-state index contributed by atoms with van der Waals surface area (Å²) in [6.45, 7) is 4.18. The van der Waals surface area contributed by atoms with Gasteiger partial charge in [0.1, 0.15) is 19.2 Å². The summed E-state index contributed by atoms with van der Waals surface area (Å²) in [4.78, 5) is 15.5. The van der Waals surface area contributed by atoms with Crippen molar-refractivity contribution in [1.82, 2.24) is 20.2 Å². The molecule has 20 heavy (non-hydrogen) atoms. The smallest absolute Gasteiger partial charge is 0.261 e. The van der Waals surface area contributed by atoms with E-state index >= 15 is 0 Å². The summed E-state index contributed by atoms with van der Waals surface area (Å²) < 4.78 is 1.45. The standard InChI is InChI=1S/C14H17N5O/c1-11(2)14(12-6-4-3-5-7-12)18-17-13(20)8-19-10-15-9-16-19/h3-7,9-11H,8H2,1-2H3,(H,17,20)/b18-14+. The van der Waals surface area contributed by atoms with Crippen LogP contribution >= 0.6 is 0 Å². The lowest BCUT2D eigenvalue weighted by atomic mass is 10.0. The van der Waals surface area contributed by atoms with Crippen molar-refractivity contribution in [1.29, 1.82) is 0 Å². The molecule has 0 fully saturated rings. The number of rotatable bonds is 5. The van der Waals surface area contributed by atoms with Gasteiger partial charge in [-0.25, -0.2) is 15.1 Å². The van der Waals surface area contributed by atoms with Crippen LogP contribution in [0.2, 0.25) is 0 Å². The number of benzene rings is 1. The Morgan fingerprint density at radius 2 is 2.10 bits per heavy atom. The van der Waals surface area contributed by atoms with Crippen molar-refractivity contribution in [3.05, 3.63) is 48.5 Å². The van der Waals surface area contributed by atoms with Crippen molar-refractivity contribution < 1.29 is 4.79 Å². The summed E-state index contributed by atoms with van der Waals surface area (Å²) in [7, 11) is 0. The molecule has 0 saturated heterocycles. The van der Waals surface area contributed by atoms with Crippen LogP contribution in [-0.2, 0) is 11.3 Å². The molecule has 6 nitrogen and oxygen atoms in total. The van der Waals surface area contributed by atoms with Gasteiger partial charge < -0.3 is 0 Å². The van der Waals surface area contributed by atoms with Gasteiger partial charge in [-0.15, -0.1) is 0 Å². The first-order valence-corrected chi connectivity index (χ1v) is 6.41. The van der Waals surface area contributed by atoms with Crippen LogP contribution in [0.15, 0.2) is 48.1 Å². The normalized spacial score (nSPS) is 11.7. The summed E-state index contributed by atoms with van der Waals surface area (Å²) in [6.07, 6.45) is 2.88. The third-order valence-electron chi connectivity index (χ3n) is 2.69. The maximum Gasteiger partial charge on any atom is 0.261 e. The number of hydrazone groups is 1. The molecule has 0 spiro atoms. The average molecular weight is 271 g/mol. The summed E-state index contributed by atoms with van der Waals surface area (Å²) in [5, 5.41) is 8.10. The van der Waals surface area contributed by atoms with Crippen molar-refractivity contribution in [2.75, 3.05) is 0 Å². The Morgan fingerprint density at radius 1 is 1.35 bits per heavy atom. The van der Waals surface area contributed by atoms with Gasteiger partial charge in [0, 0.05) is 0 Å². The topological polar surface area (TPSA) is 72.2 Å². The summed E-state index contributed by atoms with van der Waals surface area (Å²) in [5.74, 6) is -0.0198. The molecule has 1 aromatic heterocycles. The van der Waals surface area contributed by atoms with Gasteiger partial charge in [-0.3, -0.25) is 4.79 Å². The molecule has 1 heterocycles. The largest absolute Gasteiger partial charge is 0.271 e. The van der Waals surface area contributed by atoms with Crippen molar-refractivity contribution in [3.63, 3.8) is 0 Å². The minimum Gasteiger partial charge on any atom is -0.271 e. The van der Waals surface area contributed by atoms with Crippen molar-refractivity contribution in [2.45, 2.75) is 20.4 Å². The van der Waals surface area contributed by atoms with E-state index < -0.39 is 0 Å². The molecule has 6 heteroatoms. The summed E-state index contributed by atoms with van der Waals surface area (Å²) >= 11 is 0. The lowest BCUT2D eigenvalue weighted by Crippen LogP contribution is -2.26. The number of amides is 1. The third kappa shape index (κ3) is 3.74. The maximum absolute atomic E-state index is 11.8. The highest BCUT2D eigenvalue weighted by molar-refractivity contribution is 6.02. The molecule has 1 aromatic carbocycles. The zero-order valence-electron chi connectivity index (χ0n) is 11.5. The van der Waals surface area contributed by atoms with E-state index in [2.05, 4.69) is 20.6 Å². The molecular formula is C14H17N5O. The van der Waals surface area contributed by atoms with Crippen LogP contribution in [-0.4, -0.2) is 26.4 Å². The molecule has 1 N–H and O–H groups in total. The van der Waals surface area contributed by atoms with Crippen molar-refractivity contribution in [3.8, 4) is 0 Å². The zero-order chi connectivity index (χ0) is 14.4. The first-order valence-electron chi connectivity index (χ1n) is 6.41. The molecular weight excluding hydrogens is 254 g/mol. The van der Waals surface area contributed by atoms with Crippen LogP contribution in [0.3, 0.4) is 0 Å². The van der Waals surface area contributed by atoms with E-state index in [1.807, 2.05) is 44.2 Å². The predicted octanol–water partition coefficient (Wildman–Crippen LogP) is 1.45. The fourth-order valence-electron chi connectivity index (χ4n) is 1.76. The van der Waals surface area contributed by atoms with Crippen LogP contribution in [0.4, 0.5) is 0 Å². The van der Waals surface area contributed by atoms with Crippen molar-refractivity contribution >= 4 is 11.6 Å². The third-order valence-corrected chi connectivity index (χ3v) is 2.69. The summed E-state index contributed by atoms with van der Waals surface area (Å²) in [6, 6.07) is 9.80. The molecule has 0 bridgehead atoms. The highest BCUT2D eigenvalue weighted by atomic mass is 16.2. The molecule has 0 unspecified atom stereocenters. The van der Waals surface area contributed by atoms with Gasteiger partial charge in [-0.2, -0.15) is 10.2 Å². The molecule has 0 radical (unpaired) electrons. The Balaban J connectivity index is 2.05. The van der Waals surface area contributed by atoms with Gasteiger partial charge >= 0.3 is 0 Å². The van der Waals surface area contributed by atoms with Gasteiger partial charge in [0.2, 0.25) is 0 Å². The predicted molar refractivity (Wildman–Crippen MR) is 76.0 cm³/mol. The van der Waals surface area contributed by atoms with E-state index in [9.17, 15) is 4.79 Å². The first kappa shape index (κ1) is 13.9. The molecule has 2 rings (SSSR count). The van der Waals surface area contributed by atoms with Crippen LogP contribution < -0.4 is 5.43 Å². The van der Waals surface area contributed by atoms with E-state index in [0.29, 0.717) is 0 Å². The SMILES string of the molecule is CC(C)/C(=N\NC(=O)Cn1cncn1)c1ccccc1. The van der Waals surface area contributed by atoms with Crippen LogP contribution in [0.1, 0.15) is 19.4 Å². The number of hydrogen-bond acceptors (Lipinski definition) is 4. The number of aromatic nitrogens is 3. The van der Waals surface area contributed by atoms with Crippen molar-refractivity contribution in [2.24, 2.45) is 11.0 Å². The van der Waals surface area contributed by atoms with Crippen LogP contribution in [0, 0.1) is 5.92 Å². The maximum atomic E-state index is 11.8. The number of carbonyl (C=O) groups excluding carboxylic acids is 1. The fourth-order valence-corrected chi connectivity index (χ4v) is 1.76. The Morgan fingerprint density at radius 3 is 2.70 bits per heavy atom. The molecule has 104 valence electrons. The lowest BCUT2D eigenvalue weighted by Gasteiger charge is -2.10. The van der Waals surface area contributed by atoms with E-state index in [1.165, 1.54) is 17.3 Å². The summed E-state index contributed by atoms with van der Waals surface area (Å²) in [5.41, 5.74) is 4.41. The minimum absolute atomic E-state index is 0.101. The average Bonchev–Trinajstić information content (AvgIpc) is 2.92.